The maximum absolute atomic E-state index is 11.5. The molecular formula is C11H18N2O3S. The minimum atomic E-state index is -3.23. The Morgan fingerprint density at radius 3 is 2.47 bits per heavy atom. The molecule has 0 aliphatic heterocycles. The van der Waals surface area contributed by atoms with E-state index in [0.717, 1.165) is 0 Å². The van der Waals surface area contributed by atoms with E-state index in [1.807, 2.05) is 6.92 Å². The van der Waals surface area contributed by atoms with Crippen molar-refractivity contribution in [1.29, 1.82) is 0 Å². The highest BCUT2D eigenvalue weighted by Gasteiger charge is 2.08. The fourth-order valence-corrected chi connectivity index (χ4v) is 2.43. The highest BCUT2D eigenvalue weighted by molar-refractivity contribution is 7.92. The SMILES string of the molecule is CCCS(=O)(=O)Nc1ccc(OCCN)cc1. The summed E-state index contributed by atoms with van der Waals surface area (Å²) >= 11 is 0. The van der Waals surface area contributed by atoms with Crippen LogP contribution in [0.1, 0.15) is 13.3 Å². The lowest BCUT2D eigenvalue weighted by atomic mass is 10.3. The smallest absolute Gasteiger partial charge is 0.232 e. The van der Waals surface area contributed by atoms with Crippen LogP contribution in [0.3, 0.4) is 0 Å². The zero-order chi connectivity index (χ0) is 12.7. The molecule has 0 unspecified atom stereocenters. The molecule has 1 rings (SSSR count). The van der Waals surface area contributed by atoms with Crippen LogP contribution in [0.2, 0.25) is 0 Å². The fraction of sp³-hybridized carbons (Fsp3) is 0.455. The van der Waals surface area contributed by atoms with Gasteiger partial charge in [-0.3, -0.25) is 4.72 Å². The largest absolute Gasteiger partial charge is 0.492 e. The molecule has 1 aromatic carbocycles. The number of sulfonamides is 1. The van der Waals surface area contributed by atoms with Crippen LogP contribution in [0.15, 0.2) is 24.3 Å². The summed E-state index contributed by atoms with van der Waals surface area (Å²) in [6.07, 6.45) is 0.590. The van der Waals surface area contributed by atoms with Gasteiger partial charge in [-0.05, 0) is 30.7 Å². The van der Waals surface area contributed by atoms with E-state index in [0.29, 0.717) is 31.0 Å². The van der Waals surface area contributed by atoms with Gasteiger partial charge >= 0.3 is 0 Å². The summed E-state index contributed by atoms with van der Waals surface area (Å²) < 4.78 is 30.8. The number of ether oxygens (including phenoxy) is 1. The van der Waals surface area contributed by atoms with Gasteiger partial charge in [0.05, 0.1) is 5.75 Å². The van der Waals surface area contributed by atoms with E-state index in [9.17, 15) is 8.42 Å². The maximum Gasteiger partial charge on any atom is 0.232 e. The molecule has 0 saturated carbocycles. The van der Waals surface area contributed by atoms with E-state index < -0.39 is 10.0 Å². The van der Waals surface area contributed by atoms with Crippen molar-refractivity contribution in [2.75, 3.05) is 23.6 Å². The Balaban J connectivity index is 2.62. The Morgan fingerprint density at radius 1 is 1.29 bits per heavy atom. The predicted octanol–water partition coefficient (Wildman–Crippen LogP) is 1.18. The molecule has 0 atom stereocenters. The molecule has 6 heteroatoms. The zero-order valence-electron chi connectivity index (χ0n) is 9.85. The number of anilines is 1. The lowest BCUT2D eigenvalue weighted by Gasteiger charge is -2.08. The average Bonchev–Trinajstić information content (AvgIpc) is 2.27. The second kappa shape index (κ2) is 6.46. The Morgan fingerprint density at radius 2 is 1.94 bits per heavy atom. The normalized spacial score (nSPS) is 11.2. The first-order valence-electron chi connectivity index (χ1n) is 5.51. The van der Waals surface area contributed by atoms with Gasteiger partial charge in [0.15, 0.2) is 0 Å². The van der Waals surface area contributed by atoms with Crippen molar-refractivity contribution in [2.45, 2.75) is 13.3 Å². The summed E-state index contributed by atoms with van der Waals surface area (Å²) in [7, 11) is -3.23. The Bertz CT molecular complexity index is 429. The predicted molar refractivity (Wildman–Crippen MR) is 68.7 cm³/mol. The number of hydrogen-bond acceptors (Lipinski definition) is 4. The molecule has 0 radical (unpaired) electrons. The van der Waals surface area contributed by atoms with Gasteiger partial charge in [0, 0.05) is 12.2 Å². The van der Waals surface area contributed by atoms with Gasteiger partial charge in [-0.15, -0.1) is 0 Å². The van der Waals surface area contributed by atoms with Crippen molar-refractivity contribution in [2.24, 2.45) is 5.73 Å². The molecule has 17 heavy (non-hydrogen) atoms. The molecule has 0 spiro atoms. The third-order valence-corrected chi connectivity index (χ3v) is 3.48. The molecule has 96 valence electrons. The van der Waals surface area contributed by atoms with Crippen LogP contribution in [0.4, 0.5) is 5.69 Å². The van der Waals surface area contributed by atoms with Gasteiger partial charge in [-0.25, -0.2) is 8.42 Å². The number of benzene rings is 1. The van der Waals surface area contributed by atoms with Crippen LogP contribution < -0.4 is 15.2 Å². The monoisotopic (exact) mass is 258 g/mol. The van der Waals surface area contributed by atoms with Crippen LogP contribution in [0, 0.1) is 0 Å². The quantitative estimate of drug-likeness (QED) is 0.769. The molecule has 0 amide bonds. The summed E-state index contributed by atoms with van der Waals surface area (Å²) in [6.45, 7) is 2.72. The van der Waals surface area contributed by atoms with Gasteiger partial charge < -0.3 is 10.5 Å². The third kappa shape index (κ3) is 5.06. The van der Waals surface area contributed by atoms with Crippen LogP contribution in [0.25, 0.3) is 0 Å². The van der Waals surface area contributed by atoms with Gasteiger partial charge in [0.2, 0.25) is 10.0 Å². The fourth-order valence-electron chi connectivity index (χ4n) is 1.30. The van der Waals surface area contributed by atoms with Crippen molar-refractivity contribution in [3.63, 3.8) is 0 Å². The van der Waals surface area contributed by atoms with Crippen LogP contribution in [-0.2, 0) is 10.0 Å². The second-order valence-electron chi connectivity index (χ2n) is 3.58. The molecule has 0 saturated heterocycles. The molecule has 0 heterocycles. The summed E-state index contributed by atoms with van der Waals surface area (Å²) in [4.78, 5) is 0. The first-order chi connectivity index (χ1) is 8.07. The maximum atomic E-state index is 11.5. The Hall–Kier alpha value is -1.27. The molecule has 3 N–H and O–H groups in total. The topological polar surface area (TPSA) is 81.4 Å². The molecule has 0 aliphatic rings. The third-order valence-electron chi connectivity index (χ3n) is 1.99. The average molecular weight is 258 g/mol. The number of hydrogen-bond donors (Lipinski definition) is 2. The molecule has 0 fully saturated rings. The molecule has 0 bridgehead atoms. The lowest BCUT2D eigenvalue weighted by Crippen LogP contribution is -2.16. The summed E-state index contributed by atoms with van der Waals surface area (Å²) in [5, 5.41) is 0. The van der Waals surface area contributed by atoms with Crippen LogP contribution >= 0.6 is 0 Å². The summed E-state index contributed by atoms with van der Waals surface area (Å²) in [6, 6.07) is 6.75. The first-order valence-corrected chi connectivity index (χ1v) is 7.16. The van der Waals surface area contributed by atoms with E-state index in [4.69, 9.17) is 10.5 Å². The number of nitrogens with two attached hydrogens (primary N) is 1. The minimum absolute atomic E-state index is 0.123. The minimum Gasteiger partial charge on any atom is -0.492 e. The van der Waals surface area contributed by atoms with Crippen molar-refractivity contribution in [3.05, 3.63) is 24.3 Å². The van der Waals surface area contributed by atoms with Gasteiger partial charge in [-0.2, -0.15) is 0 Å². The van der Waals surface area contributed by atoms with Gasteiger partial charge in [0.1, 0.15) is 12.4 Å². The molecule has 5 nitrogen and oxygen atoms in total. The van der Waals surface area contributed by atoms with Gasteiger partial charge in [-0.1, -0.05) is 6.92 Å². The standard InChI is InChI=1S/C11H18N2O3S/c1-2-9-17(14,15)13-10-3-5-11(6-4-10)16-8-7-12/h3-6,13H,2,7-9,12H2,1H3. The molecular weight excluding hydrogens is 240 g/mol. The van der Waals surface area contributed by atoms with Crippen molar-refractivity contribution >= 4 is 15.7 Å². The molecule has 1 aromatic rings. The molecule has 0 aromatic heterocycles. The van der Waals surface area contributed by atoms with Crippen molar-refractivity contribution in [1.82, 2.24) is 0 Å². The zero-order valence-corrected chi connectivity index (χ0v) is 10.7. The highest BCUT2D eigenvalue weighted by atomic mass is 32.2. The van der Waals surface area contributed by atoms with E-state index in [1.54, 1.807) is 24.3 Å². The van der Waals surface area contributed by atoms with Crippen LogP contribution in [0.5, 0.6) is 5.75 Å². The molecule has 0 aliphatic carbocycles. The first kappa shape index (κ1) is 13.8. The number of rotatable bonds is 7. The van der Waals surface area contributed by atoms with Crippen LogP contribution in [-0.4, -0.2) is 27.3 Å². The van der Waals surface area contributed by atoms with E-state index >= 15 is 0 Å². The second-order valence-corrected chi connectivity index (χ2v) is 5.42. The van der Waals surface area contributed by atoms with Crippen molar-refractivity contribution in [3.8, 4) is 5.75 Å². The van der Waals surface area contributed by atoms with Crippen molar-refractivity contribution < 1.29 is 13.2 Å². The summed E-state index contributed by atoms with van der Waals surface area (Å²) in [5.74, 6) is 0.798. The Kier molecular flexibility index (Phi) is 5.24. The highest BCUT2D eigenvalue weighted by Crippen LogP contribution is 2.16. The van der Waals surface area contributed by atoms with Gasteiger partial charge in [0.25, 0.3) is 0 Å². The van der Waals surface area contributed by atoms with E-state index in [1.165, 1.54) is 0 Å². The summed E-state index contributed by atoms with van der Waals surface area (Å²) in [5.41, 5.74) is 5.85. The van der Waals surface area contributed by atoms with E-state index in [2.05, 4.69) is 4.72 Å². The lowest BCUT2D eigenvalue weighted by molar-refractivity contribution is 0.328. The number of nitrogens with one attached hydrogen (secondary N) is 1. The Labute approximate surface area is 102 Å². The van der Waals surface area contributed by atoms with E-state index in [-0.39, 0.29) is 5.75 Å².